The minimum absolute atomic E-state index is 0.156. The lowest BCUT2D eigenvalue weighted by Crippen LogP contribution is -2.39. The second-order valence-electron chi connectivity index (χ2n) is 7.84. The van der Waals surface area contributed by atoms with Crippen LogP contribution in [0.3, 0.4) is 0 Å². The fourth-order valence-electron chi connectivity index (χ4n) is 4.06. The summed E-state index contributed by atoms with van der Waals surface area (Å²) in [5.74, 6) is -0.897. The number of carbonyl (C=O) groups excluding carboxylic acids is 2. The predicted molar refractivity (Wildman–Crippen MR) is 120 cm³/mol. The number of amides is 1. The summed E-state index contributed by atoms with van der Waals surface area (Å²) in [5, 5.41) is 0. The van der Waals surface area contributed by atoms with Crippen LogP contribution in [0.15, 0.2) is 59.1 Å². The number of ether oxygens (including phenoxy) is 4. The minimum atomic E-state index is -0.504. The molecule has 0 radical (unpaired) electrons. The fourth-order valence-corrected chi connectivity index (χ4v) is 4.33. The zero-order valence-corrected chi connectivity index (χ0v) is 19.4. The summed E-state index contributed by atoms with van der Waals surface area (Å²) < 4.78 is 23.3. The Morgan fingerprint density at radius 3 is 2.34 bits per heavy atom. The largest absolute Gasteiger partial charge is 0.466 e. The van der Waals surface area contributed by atoms with Crippen LogP contribution in [0.2, 0.25) is 0 Å². The van der Waals surface area contributed by atoms with Gasteiger partial charge in [-0.05, 0) is 24.6 Å². The van der Waals surface area contributed by atoms with Crippen molar-refractivity contribution in [1.82, 2.24) is 4.90 Å². The van der Waals surface area contributed by atoms with Gasteiger partial charge in [0.2, 0.25) is 0 Å². The number of hydrogen-bond acceptors (Lipinski definition) is 6. The monoisotopic (exact) mass is 503 g/mol. The van der Waals surface area contributed by atoms with E-state index in [4.69, 9.17) is 18.9 Å². The molecule has 2 heterocycles. The van der Waals surface area contributed by atoms with Crippen molar-refractivity contribution in [2.45, 2.75) is 25.2 Å². The number of halogens is 1. The molecular weight excluding hydrogens is 478 g/mol. The molecule has 4 rings (SSSR count). The third kappa shape index (κ3) is 5.31. The summed E-state index contributed by atoms with van der Waals surface area (Å²) in [6.07, 6.45) is -1.45. The molecular formula is C24H26BrNO6. The molecule has 2 aromatic rings. The summed E-state index contributed by atoms with van der Waals surface area (Å²) >= 11 is 3.43. The number of esters is 1. The molecule has 2 aromatic carbocycles. The first kappa shape index (κ1) is 22.8. The molecule has 1 amide bonds. The maximum absolute atomic E-state index is 12.9. The average molecular weight is 504 g/mol. The van der Waals surface area contributed by atoms with Crippen LogP contribution in [0.25, 0.3) is 0 Å². The molecule has 0 saturated carbocycles. The highest BCUT2D eigenvalue weighted by atomic mass is 79.9. The van der Waals surface area contributed by atoms with Gasteiger partial charge in [0.25, 0.3) is 0 Å². The zero-order valence-electron chi connectivity index (χ0n) is 17.8. The van der Waals surface area contributed by atoms with Crippen LogP contribution in [-0.2, 0) is 23.7 Å². The number of carbonyl (C=O) groups is 2. The Morgan fingerprint density at radius 1 is 1.00 bits per heavy atom. The van der Waals surface area contributed by atoms with Gasteiger partial charge in [-0.1, -0.05) is 58.4 Å². The normalized spacial score (nSPS) is 25.4. The molecule has 2 aliphatic rings. The van der Waals surface area contributed by atoms with Gasteiger partial charge in [-0.15, -0.1) is 0 Å². The van der Waals surface area contributed by atoms with Gasteiger partial charge < -0.3 is 23.8 Å². The Labute approximate surface area is 195 Å². The Kier molecular flexibility index (Phi) is 7.44. The van der Waals surface area contributed by atoms with E-state index in [1.807, 2.05) is 54.6 Å². The quantitative estimate of drug-likeness (QED) is 0.567. The first-order chi connectivity index (χ1) is 15.5. The summed E-state index contributed by atoms with van der Waals surface area (Å²) in [6, 6.07) is 17.4. The highest BCUT2D eigenvalue weighted by Gasteiger charge is 2.42. The standard InChI is InChI=1S/C24H26BrNO6/c1-2-29-22(27)21-13-26(12-20(21)16-8-10-18(25)11-9-16)24(28)32-19-14-30-23(31-15-19)17-6-4-3-5-7-17/h3-11,19-21,23H,2,12-15H2,1H3/t19?,20-,21+,23?/m1/s1. The van der Waals surface area contributed by atoms with Gasteiger partial charge in [0.05, 0.1) is 25.7 Å². The lowest BCUT2D eigenvalue weighted by molar-refractivity contribution is -0.221. The lowest BCUT2D eigenvalue weighted by atomic mass is 9.89. The second kappa shape index (κ2) is 10.5. The molecule has 0 spiro atoms. The van der Waals surface area contributed by atoms with Crippen LogP contribution in [0.4, 0.5) is 4.79 Å². The van der Waals surface area contributed by atoms with Crippen LogP contribution in [0, 0.1) is 5.92 Å². The Bertz CT molecular complexity index is 914. The molecule has 170 valence electrons. The van der Waals surface area contributed by atoms with Crippen molar-refractivity contribution >= 4 is 28.0 Å². The van der Waals surface area contributed by atoms with Gasteiger partial charge in [0, 0.05) is 29.0 Å². The molecule has 7 nitrogen and oxygen atoms in total. The molecule has 0 bridgehead atoms. The van der Waals surface area contributed by atoms with Crippen LogP contribution in [-0.4, -0.2) is 56.0 Å². The van der Waals surface area contributed by atoms with E-state index in [9.17, 15) is 9.59 Å². The highest BCUT2D eigenvalue weighted by molar-refractivity contribution is 9.10. The number of nitrogens with zero attached hydrogens (tertiary/aromatic N) is 1. The van der Waals surface area contributed by atoms with E-state index < -0.39 is 24.4 Å². The van der Waals surface area contributed by atoms with Gasteiger partial charge in [0.1, 0.15) is 0 Å². The van der Waals surface area contributed by atoms with E-state index in [1.54, 1.807) is 11.8 Å². The van der Waals surface area contributed by atoms with Gasteiger partial charge in [-0.3, -0.25) is 4.79 Å². The third-order valence-corrected chi connectivity index (χ3v) is 6.20. The first-order valence-electron chi connectivity index (χ1n) is 10.7. The SMILES string of the molecule is CCOC(=O)[C@H]1CN(C(=O)OC2COC(c3ccccc3)OC2)C[C@@H]1c1ccc(Br)cc1. The first-order valence-corrected chi connectivity index (χ1v) is 11.5. The molecule has 0 aliphatic carbocycles. The smallest absolute Gasteiger partial charge is 0.410 e. The maximum atomic E-state index is 12.9. The molecule has 2 atom stereocenters. The lowest BCUT2D eigenvalue weighted by Gasteiger charge is -2.30. The van der Waals surface area contributed by atoms with E-state index >= 15 is 0 Å². The molecule has 0 N–H and O–H groups in total. The van der Waals surface area contributed by atoms with Crippen molar-refractivity contribution in [2.75, 3.05) is 32.9 Å². The van der Waals surface area contributed by atoms with E-state index in [2.05, 4.69) is 15.9 Å². The van der Waals surface area contributed by atoms with E-state index in [1.165, 1.54) is 0 Å². The van der Waals surface area contributed by atoms with Crippen molar-refractivity contribution in [3.8, 4) is 0 Å². The molecule has 2 fully saturated rings. The van der Waals surface area contributed by atoms with E-state index in [-0.39, 0.29) is 31.6 Å². The number of benzene rings is 2. The average Bonchev–Trinajstić information content (AvgIpc) is 3.27. The number of hydrogen-bond donors (Lipinski definition) is 0. The van der Waals surface area contributed by atoms with Gasteiger partial charge in [-0.25, -0.2) is 4.79 Å². The van der Waals surface area contributed by atoms with Crippen molar-refractivity contribution in [1.29, 1.82) is 0 Å². The second-order valence-corrected chi connectivity index (χ2v) is 8.75. The van der Waals surface area contributed by atoms with Crippen molar-refractivity contribution < 1.29 is 28.5 Å². The topological polar surface area (TPSA) is 74.3 Å². The van der Waals surface area contributed by atoms with Crippen LogP contribution in [0.5, 0.6) is 0 Å². The van der Waals surface area contributed by atoms with Crippen molar-refractivity contribution in [3.63, 3.8) is 0 Å². The Morgan fingerprint density at radius 2 is 1.69 bits per heavy atom. The van der Waals surface area contributed by atoms with Gasteiger partial charge in [-0.2, -0.15) is 0 Å². The van der Waals surface area contributed by atoms with Gasteiger partial charge >= 0.3 is 12.1 Å². The summed E-state index contributed by atoms with van der Waals surface area (Å²) in [7, 11) is 0. The van der Waals surface area contributed by atoms with Crippen LogP contribution in [0.1, 0.15) is 30.3 Å². The van der Waals surface area contributed by atoms with Crippen LogP contribution < -0.4 is 0 Å². The number of rotatable bonds is 5. The highest BCUT2D eigenvalue weighted by Crippen LogP contribution is 2.35. The third-order valence-electron chi connectivity index (χ3n) is 5.67. The summed E-state index contributed by atoms with van der Waals surface area (Å²) in [4.78, 5) is 27.0. The molecule has 2 aliphatic heterocycles. The Hall–Kier alpha value is -2.42. The summed E-state index contributed by atoms with van der Waals surface area (Å²) in [5.41, 5.74) is 1.91. The minimum Gasteiger partial charge on any atom is -0.466 e. The molecule has 0 aromatic heterocycles. The van der Waals surface area contributed by atoms with Crippen molar-refractivity contribution in [2.24, 2.45) is 5.92 Å². The molecule has 8 heteroatoms. The predicted octanol–water partition coefficient (Wildman–Crippen LogP) is 4.28. The van der Waals surface area contributed by atoms with Gasteiger partial charge in [0.15, 0.2) is 12.4 Å². The number of likely N-dealkylation sites (tertiary alicyclic amines) is 1. The van der Waals surface area contributed by atoms with E-state index in [0.717, 1.165) is 15.6 Å². The van der Waals surface area contributed by atoms with Crippen LogP contribution >= 0.6 is 15.9 Å². The van der Waals surface area contributed by atoms with Crippen molar-refractivity contribution in [3.05, 3.63) is 70.2 Å². The fraction of sp³-hybridized carbons (Fsp3) is 0.417. The summed E-state index contributed by atoms with van der Waals surface area (Å²) in [6.45, 7) is 3.20. The molecule has 0 unspecified atom stereocenters. The molecule has 2 saturated heterocycles. The molecule has 32 heavy (non-hydrogen) atoms. The Balaban J connectivity index is 1.37. The zero-order chi connectivity index (χ0) is 22.5. The maximum Gasteiger partial charge on any atom is 0.410 e. The van der Waals surface area contributed by atoms with E-state index in [0.29, 0.717) is 13.2 Å².